The normalized spacial score (nSPS) is 13.7. The molecule has 0 aliphatic carbocycles. The van der Waals surface area contributed by atoms with Crippen molar-refractivity contribution in [3.05, 3.63) is 48.5 Å². The maximum absolute atomic E-state index is 2.20. The van der Waals surface area contributed by atoms with Crippen molar-refractivity contribution in [2.24, 2.45) is 5.92 Å². The van der Waals surface area contributed by atoms with Gasteiger partial charge in [-0.15, -0.1) is 0 Å². The Labute approximate surface area is 87.1 Å². The third-order valence-electron chi connectivity index (χ3n) is 1.93. The molecule has 14 heavy (non-hydrogen) atoms. The van der Waals surface area contributed by atoms with Crippen LogP contribution < -0.4 is 0 Å². The second-order valence-electron chi connectivity index (χ2n) is 3.74. The Hall–Kier alpha value is -1.08. The number of rotatable bonds is 4. The Morgan fingerprint density at radius 3 is 2.36 bits per heavy atom. The third-order valence-corrected chi connectivity index (χ3v) is 1.93. The molecule has 0 saturated heterocycles. The zero-order valence-electron chi connectivity index (χ0n) is 9.14. The maximum Gasteiger partial charge on any atom is 0.0311 e. The minimum absolute atomic E-state index is 0.477. The number of benzene rings is 1. The minimum atomic E-state index is 0.477. The van der Waals surface area contributed by atoms with Gasteiger partial charge in [-0.3, -0.25) is 0 Å². The molecule has 1 aromatic rings. The molecule has 75 valence electrons. The van der Waals surface area contributed by atoms with Gasteiger partial charge in [0.25, 0.3) is 0 Å². The van der Waals surface area contributed by atoms with E-state index in [4.69, 9.17) is 0 Å². The van der Waals surface area contributed by atoms with Gasteiger partial charge in [0.1, 0.15) is 0 Å². The first-order valence-electron chi connectivity index (χ1n) is 4.93. The summed E-state index contributed by atoms with van der Waals surface area (Å²) in [5, 5.41) is 0. The summed E-state index contributed by atoms with van der Waals surface area (Å²) in [6.07, 6.45) is 4.36. The second-order valence-corrected chi connectivity index (χ2v) is 3.74. The van der Waals surface area contributed by atoms with Crippen LogP contribution in [0, 0.1) is 12.5 Å². The van der Waals surface area contributed by atoms with Crippen LogP contribution in [0.3, 0.4) is 0 Å². The molecule has 1 heteroatoms. The van der Waals surface area contributed by atoms with E-state index in [1.807, 2.05) is 20.2 Å². The SMILES string of the molecule is CC([CH]N(C)C)C=Cc1ccccc1. The molecule has 0 fully saturated rings. The first kappa shape index (κ1) is 11.0. The zero-order valence-corrected chi connectivity index (χ0v) is 9.14. The monoisotopic (exact) mass is 188 g/mol. The smallest absolute Gasteiger partial charge is 0.0311 e. The lowest BCUT2D eigenvalue weighted by Crippen LogP contribution is -2.11. The summed E-state index contributed by atoms with van der Waals surface area (Å²) in [4.78, 5) is 2.08. The largest absolute Gasteiger partial charge is 0.304 e. The van der Waals surface area contributed by atoms with Crippen LogP contribution in [0.2, 0.25) is 0 Å². The summed E-state index contributed by atoms with van der Waals surface area (Å²) in [5.74, 6) is 0.477. The van der Waals surface area contributed by atoms with Crippen LogP contribution in [0.15, 0.2) is 36.4 Å². The highest BCUT2D eigenvalue weighted by Crippen LogP contribution is 2.08. The molecule has 1 unspecified atom stereocenters. The summed E-state index contributed by atoms with van der Waals surface area (Å²) in [7, 11) is 4.10. The van der Waals surface area contributed by atoms with Crippen molar-refractivity contribution in [1.82, 2.24) is 4.90 Å². The van der Waals surface area contributed by atoms with E-state index in [1.165, 1.54) is 5.56 Å². The summed E-state index contributed by atoms with van der Waals surface area (Å²) >= 11 is 0. The Morgan fingerprint density at radius 1 is 1.14 bits per heavy atom. The van der Waals surface area contributed by atoms with E-state index in [1.54, 1.807) is 0 Å². The molecule has 1 radical (unpaired) electrons. The highest BCUT2D eigenvalue weighted by molar-refractivity contribution is 5.49. The number of hydrogen-bond acceptors (Lipinski definition) is 1. The molecule has 0 aliphatic rings. The molecule has 0 spiro atoms. The predicted molar refractivity (Wildman–Crippen MR) is 62.6 cm³/mol. The molecule has 0 heterocycles. The maximum atomic E-state index is 2.20. The van der Waals surface area contributed by atoms with E-state index in [9.17, 15) is 0 Å². The lowest BCUT2D eigenvalue weighted by Gasteiger charge is -2.12. The third kappa shape index (κ3) is 4.24. The van der Waals surface area contributed by atoms with Crippen molar-refractivity contribution in [2.45, 2.75) is 6.92 Å². The van der Waals surface area contributed by atoms with Crippen LogP contribution in [0.4, 0.5) is 0 Å². The van der Waals surface area contributed by atoms with Crippen LogP contribution in [0.1, 0.15) is 12.5 Å². The van der Waals surface area contributed by atoms with Crippen molar-refractivity contribution < 1.29 is 0 Å². The quantitative estimate of drug-likeness (QED) is 0.702. The summed E-state index contributed by atoms with van der Waals surface area (Å²) < 4.78 is 0. The van der Waals surface area contributed by atoms with Crippen LogP contribution >= 0.6 is 0 Å². The number of nitrogens with zero attached hydrogens (tertiary/aromatic N) is 1. The molecule has 0 N–H and O–H groups in total. The molecule has 1 rings (SSSR count). The highest BCUT2D eigenvalue weighted by Gasteiger charge is 1.98. The van der Waals surface area contributed by atoms with Gasteiger partial charge in [0.15, 0.2) is 0 Å². The Kier molecular flexibility index (Phi) is 4.41. The van der Waals surface area contributed by atoms with Crippen LogP contribution in [0.5, 0.6) is 0 Å². The molecule has 1 aromatic carbocycles. The Balaban J connectivity index is 2.48. The Morgan fingerprint density at radius 2 is 1.79 bits per heavy atom. The van der Waals surface area contributed by atoms with Crippen LogP contribution in [-0.2, 0) is 0 Å². The van der Waals surface area contributed by atoms with Gasteiger partial charge in [0, 0.05) is 6.54 Å². The lowest BCUT2D eigenvalue weighted by atomic mass is 10.1. The van der Waals surface area contributed by atoms with E-state index in [0.717, 1.165) is 0 Å². The molecule has 0 saturated carbocycles. The predicted octanol–water partition coefficient (Wildman–Crippen LogP) is 3.06. The van der Waals surface area contributed by atoms with Gasteiger partial charge in [0.05, 0.1) is 0 Å². The fraction of sp³-hybridized carbons (Fsp3) is 0.308. The summed E-state index contributed by atoms with van der Waals surface area (Å²) in [6.45, 7) is 4.36. The van der Waals surface area contributed by atoms with Crippen molar-refractivity contribution >= 4 is 6.08 Å². The van der Waals surface area contributed by atoms with E-state index in [0.29, 0.717) is 5.92 Å². The first-order chi connectivity index (χ1) is 6.68. The Bertz CT molecular complexity index is 275. The van der Waals surface area contributed by atoms with Gasteiger partial charge >= 0.3 is 0 Å². The van der Waals surface area contributed by atoms with E-state index in [-0.39, 0.29) is 0 Å². The standard InChI is InChI=1S/C13H18N/c1-12(11-14(2)3)9-10-13-7-5-4-6-8-13/h4-12H,1-3H3. The fourth-order valence-electron chi connectivity index (χ4n) is 1.35. The summed E-state index contributed by atoms with van der Waals surface area (Å²) in [5.41, 5.74) is 1.26. The lowest BCUT2D eigenvalue weighted by molar-refractivity contribution is 0.452. The van der Waals surface area contributed by atoms with Gasteiger partial charge in [-0.05, 0) is 25.6 Å². The van der Waals surface area contributed by atoms with Crippen molar-refractivity contribution in [3.63, 3.8) is 0 Å². The topological polar surface area (TPSA) is 3.24 Å². The minimum Gasteiger partial charge on any atom is -0.304 e. The fourth-order valence-corrected chi connectivity index (χ4v) is 1.35. The van der Waals surface area contributed by atoms with E-state index < -0.39 is 0 Å². The van der Waals surface area contributed by atoms with Gasteiger partial charge in [-0.1, -0.05) is 49.4 Å². The van der Waals surface area contributed by atoms with Crippen LogP contribution in [-0.4, -0.2) is 19.0 Å². The molecule has 1 atom stereocenters. The molecule has 0 amide bonds. The molecule has 0 aliphatic heterocycles. The molecule has 1 nitrogen and oxygen atoms in total. The molecule has 0 bridgehead atoms. The molecular formula is C13H18N. The molecule has 0 aromatic heterocycles. The average molecular weight is 188 g/mol. The van der Waals surface area contributed by atoms with Crippen LogP contribution in [0.25, 0.3) is 6.08 Å². The van der Waals surface area contributed by atoms with Crippen molar-refractivity contribution in [2.75, 3.05) is 14.1 Å². The van der Waals surface area contributed by atoms with Crippen molar-refractivity contribution in [1.29, 1.82) is 0 Å². The van der Waals surface area contributed by atoms with E-state index in [2.05, 4.69) is 54.8 Å². The van der Waals surface area contributed by atoms with Gasteiger partial charge < -0.3 is 4.90 Å². The summed E-state index contributed by atoms with van der Waals surface area (Å²) in [6, 6.07) is 10.4. The van der Waals surface area contributed by atoms with Gasteiger partial charge in [-0.2, -0.15) is 0 Å². The average Bonchev–Trinajstić information content (AvgIpc) is 2.15. The first-order valence-corrected chi connectivity index (χ1v) is 4.93. The van der Waals surface area contributed by atoms with Crippen molar-refractivity contribution in [3.8, 4) is 0 Å². The van der Waals surface area contributed by atoms with Gasteiger partial charge in [-0.25, -0.2) is 0 Å². The highest BCUT2D eigenvalue weighted by atomic mass is 15.0. The molecular weight excluding hydrogens is 170 g/mol. The second kappa shape index (κ2) is 5.61. The van der Waals surface area contributed by atoms with E-state index >= 15 is 0 Å². The number of hydrogen-bond donors (Lipinski definition) is 0. The zero-order chi connectivity index (χ0) is 10.4. The van der Waals surface area contributed by atoms with Gasteiger partial charge in [0.2, 0.25) is 0 Å².